The highest BCUT2D eigenvalue weighted by Gasteiger charge is 2.19. The number of carbonyl (C=O) groups excluding carboxylic acids is 1. The summed E-state index contributed by atoms with van der Waals surface area (Å²) in [5, 5.41) is 12.3. The SMILES string of the molecule is Cc1ccc(Cn2nc(C)c(NC(=O)c3cc(-c4ccc(Cl)cc4Cl)on3)c2C)cc1. The summed E-state index contributed by atoms with van der Waals surface area (Å²) in [5.41, 5.74) is 5.33. The maximum Gasteiger partial charge on any atom is 0.277 e. The van der Waals surface area contributed by atoms with Crippen molar-refractivity contribution in [1.82, 2.24) is 14.9 Å². The van der Waals surface area contributed by atoms with Crippen LogP contribution >= 0.6 is 23.2 Å². The second-order valence-corrected chi connectivity index (χ2v) is 8.19. The highest BCUT2D eigenvalue weighted by molar-refractivity contribution is 6.36. The molecule has 2 aromatic carbocycles. The van der Waals surface area contributed by atoms with Gasteiger partial charge in [0.05, 0.1) is 28.6 Å². The molecule has 0 atom stereocenters. The van der Waals surface area contributed by atoms with E-state index in [1.807, 2.05) is 18.5 Å². The summed E-state index contributed by atoms with van der Waals surface area (Å²) in [6.07, 6.45) is 0. The average Bonchev–Trinajstić information content (AvgIpc) is 3.31. The van der Waals surface area contributed by atoms with E-state index < -0.39 is 0 Å². The monoisotopic (exact) mass is 454 g/mol. The number of nitrogens with one attached hydrogen (secondary N) is 1. The minimum atomic E-state index is -0.388. The van der Waals surface area contributed by atoms with E-state index in [9.17, 15) is 4.79 Å². The van der Waals surface area contributed by atoms with Gasteiger partial charge in [-0.15, -0.1) is 0 Å². The van der Waals surface area contributed by atoms with Crippen molar-refractivity contribution in [2.24, 2.45) is 0 Å². The summed E-state index contributed by atoms with van der Waals surface area (Å²) in [5.74, 6) is -0.00324. The lowest BCUT2D eigenvalue weighted by Crippen LogP contribution is -2.13. The molecule has 0 unspecified atom stereocenters. The lowest BCUT2D eigenvalue weighted by atomic mass is 10.1. The van der Waals surface area contributed by atoms with Crippen molar-refractivity contribution in [2.45, 2.75) is 27.3 Å². The maximum absolute atomic E-state index is 12.8. The predicted molar refractivity (Wildman–Crippen MR) is 122 cm³/mol. The van der Waals surface area contributed by atoms with Crippen molar-refractivity contribution in [2.75, 3.05) is 5.32 Å². The molecule has 1 amide bonds. The van der Waals surface area contributed by atoms with Gasteiger partial charge in [0.2, 0.25) is 0 Å². The van der Waals surface area contributed by atoms with Crippen molar-refractivity contribution in [3.63, 3.8) is 0 Å². The topological polar surface area (TPSA) is 73.0 Å². The Balaban J connectivity index is 1.53. The van der Waals surface area contributed by atoms with Crippen LogP contribution in [0.5, 0.6) is 0 Å². The first kappa shape index (κ1) is 21.2. The Labute approximate surface area is 189 Å². The van der Waals surface area contributed by atoms with Crippen LogP contribution in [0.3, 0.4) is 0 Å². The molecule has 2 aromatic heterocycles. The maximum atomic E-state index is 12.8. The van der Waals surface area contributed by atoms with Crippen LogP contribution in [-0.2, 0) is 6.54 Å². The Morgan fingerprint density at radius 1 is 1.06 bits per heavy atom. The van der Waals surface area contributed by atoms with Crippen molar-refractivity contribution < 1.29 is 9.32 Å². The van der Waals surface area contributed by atoms with Crippen LogP contribution in [0.25, 0.3) is 11.3 Å². The molecule has 0 bridgehead atoms. The minimum Gasteiger partial charge on any atom is -0.355 e. The molecule has 2 heterocycles. The first-order valence-electron chi connectivity index (χ1n) is 9.65. The number of carbonyl (C=O) groups is 1. The van der Waals surface area contributed by atoms with E-state index in [2.05, 4.69) is 46.8 Å². The predicted octanol–water partition coefficient (Wildman–Crippen LogP) is 6.07. The smallest absolute Gasteiger partial charge is 0.277 e. The Kier molecular flexibility index (Phi) is 5.85. The van der Waals surface area contributed by atoms with E-state index in [1.54, 1.807) is 24.3 Å². The zero-order valence-electron chi connectivity index (χ0n) is 17.2. The first-order valence-corrected chi connectivity index (χ1v) is 10.4. The number of hydrogen-bond acceptors (Lipinski definition) is 4. The standard InChI is InChI=1S/C23H20Cl2N4O2/c1-13-4-6-16(7-5-13)12-29-15(3)22(14(2)27-29)26-23(30)20-11-21(31-28-20)18-9-8-17(24)10-19(18)25/h4-11H,12H2,1-3H3,(H,26,30). The van der Waals surface area contributed by atoms with Crippen molar-refractivity contribution in [3.8, 4) is 11.3 Å². The lowest BCUT2D eigenvalue weighted by Gasteiger charge is -2.07. The molecule has 31 heavy (non-hydrogen) atoms. The Morgan fingerprint density at radius 3 is 2.52 bits per heavy atom. The lowest BCUT2D eigenvalue weighted by molar-refractivity contribution is 0.101. The van der Waals surface area contributed by atoms with Crippen molar-refractivity contribution >= 4 is 34.8 Å². The Morgan fingerprint density at radius 2 is 1.81 bits per heavy atom. The molecule has 0 saturated heterocycles. The molecule has 6 nitrogen and oxygen atoms in total. The number of anilines is 1. The van der Waals surface area contributed by atoms with Gasteiger partial charge >= 0.3 is 0 Å². The van der Waals surface area contributed by atoms with E-state index in [0.29, 0.717) is 33.6 Å². The first-order chi connectivity index (χ1) is 14.8. The number of benzene rings is 2. The quantitative estimate of drug-likeness (QED) is 0.396. The summed E-state index contributed by atoms with van der Waals surface area (Å²) in [7, 11) is 0. The summed E-state index contributed by atoms with van der Waals surface area (Å²) >= 11 is 12.2. The molecule has 4 rings (SSSR count). The number of halogens is 2. The molecule has 4 aromatic rings. The molecule has 0 radical (unpaired) electrons. The Hall–Kier alpha value is -3.09. The molecule has 0 aliphatic heterocycles. The largest absolute Gasteiger partial charge is 0.355 e. The van der Waals surface area contributed by atoms with Crippen molar-refractivity contribution in [1.29, 1.82) is 0 Å². The minimum absolute atomic E-state index is 0.145. The third kappa shape index (κ3) is 4.50. The van der Waals surface area contributed by atoms with Gasteiger partial charge in [-0.05, 0) is 44.5 Å². The molecule has 0 fully saturated rings. The van der Waals surface area contributed by atoms with Crippen LogP contribution in [0.1, 0.15) is 33.0 Å². The number of aromatic nitrogens is 3. The van der Waals surface area contributed by atoms with E-state index in [1.165, 1.54) is 5.56 Å². The third-order valence-corrected chi connectivity index (χ3v) is 5.56. The highest BCUT2D eigenvalue weighted by atomic mass is 35.5. The van der Waals surface area contributed by atoms with Gasteiger partial charge in [-0.2, -0.15) is 5.10 Å². The van der Waals surface area contributed by atoms with Gasteiger partial charge in [0.15, 0.2) is 11.5 Å². The van der Waals surface area contributed by atoms with Gasteiger partial charge in [-0.1, -0.05) is 58.2 Å². The fourth-order valence-electron chi connectivity index (χ4n) is 3.27. The third-order valence-electron chi connectivity index (χ3n) is 5.01. The molecule has 1 N–H and O–H groups in total. The summed E-state index contributed by atoms with van der Waals surface area (Å²) in [4.78, 5) is 12.8. The second-order valence-electron chi connectivity index (χ2n) is 7.34. The number of nitrogens with zero attached hydrogens (tertiary/aromatic N) is 3. The van der Waals surface area contributed by atoms with Gasteiger partial charge in [0.1, 0.15) is 0 Å². The molecule has 158 valence electrons. The molecule has 0 saturated carbocycles. The molecule has 0 spiro atoms. The molecule has 8 heteroatoms. The van der Waals surface area contributed by atoms with Crippen molar-refractivity contribution in [3.05, 3.63) is 86.8 Å². The summed E-state index contributed by atoms with van der Waals surface area (Å²) in [6, 6.07) is 14.8. The van der Waals surface area contributed by atoms with Crippen LogP contribution < -0.4 is 5.32 Å². The van der Waals surface area contributed by atoms with Gasteiger partial charge in [0.25, 0.3) is 5.91 Å². The summed E-state index contributed by atoms with van der Waals surface area (Å²) < 4.78 is 7.20. The van der Waals surface area contributed by atoms with Crippen LogP contribution in [0, 0.1) is 20.8 Å². The molecule has 0 aliphatic rings. The van der Waals surface area contributed by atoms with Gasteiger partial charge in [-0.3, -0.25) is 9.48 Å². The zero-order chi connectivity index (χ0) is 22.1. The van der Waals surface area contributed by atoms with Crippen LogP contribution in [0.4, 0.5) is 5.69 Å². The number of rotatable bonds is 5. The van der Waals surface area contributed by atoms with Gasteiger partial charge in [0, 0.05) is 16.7 Å². The Bertz CT molecular complexity index is 1260. The van der Waals surface area contributed by atoms with E-state index in [-0.39, 0.29) is 11.6 Å². The molecule has 0 aliphatic carbocycles. The van der Waals surface area contributed by atoms with E-state index >= 15 is 0 Å². The average molecular weight is 455 g/mol. The fourth-order valence-corrected chi connectivity index (χ4v) is 3.78. The second kappa shape index (κ2) is 8.57. The van der Waals surface area contributed by atoms with Crippen LogP contribution in [0.2, 0.25) is 10.0 Å². The normalized spacial score (nSPS) is 11.0. The number of amides is 1. The highest BCUT2D eigenvalue weighted by Crippen LogP contribution is 2.31. The summed E-state index contributed by atoms with van der Waals surface area (Å²) in [6.45, 7) is 6.45. The van der Waals surface area contributed by atoms with Crippen LogP contribution in [-0.4, -0.2) is 20.8 Å². The van der Waals surface area contributed by atoms with E-state index in [0.717, 1.165) is 17.0 Å². The van der Waals surface area contributed by atoms with Gasteiger partial charge in [-0.25, -0.2) is 0 Å². The molecular formula is C23H20Cl2N4O2. The number of aryl methyl sites for hydroxylation is 2. The van der Waals surface area contributed by atoms with E-state index in [4.69, 9.17) is 27.7 Å². The fraction of sp³-hybridized carbons (Fsp3) is 0.174. The van der Waals surface area contributed by atoms with Crippen LogP contribution in [0.15, 0.2) is 53.1 Å². The van der Waals surface area contributed by atoms with Gasteiger partial charge < -0.3 is 9.84 Å². The molecular weight excluding hydrogens is 435 g/mol. The zero-order valence-corrected chi connectivity index (χ0v) is 18.8. The number of hydrogen-bond donors (Lipinski definition) is 1.